The van der Waals surface area contributed by atoms with Gasteiger partial charge in [-0.1, -0.05) is 68.7 Å². The first-order chi connectivity index (χ1) is 9.77. The third kappa shape index (κ3) is 3.30. The van der Waals surface area contributed by atoms with Crippen molar-refractivity contribution in [3.8, 4) is 0 Å². The fourth-order valence-corrected chi connectivity index (χ4v) is 2.88. The Hall–Kier alpha value is -1.56. The first-order valence-electron chi connectivity index (χ1n) is 7.91. The average molecular weight is 266 g/mol. The van der Waals surface area contributed by atoms with Crippen molar-refractivity contribution >= 4 is 16.3 Å². The second kappa shape index (κ2) is 7.28. The summed E-state index contributed by atoms with van der Waals surface area (Å²) in [6.45, 7) is 6.64. The summed E-state index contributed by atoms with van der Waals surface area (Å²) in [5, 5.41) is 2.75. The quantitative estimate of drug-likeness (QED) is 0.532. The molecule has 0 aliphatic heterocycles. The minimum Gasteiger partial charge on any atom is -0.0841 e. The van der Waals surface area contributed by atoms with Crippen LogP contribution in [0.2, 0.25) is 0 Å². The highest BCUT2D eigenvalue weighted by Gasteiger charge is 2.08. The summed E-state index contributed by atoms with van der Waals surface area (Å²) in [5.41, 5.74) is 4.37. The van der Waals surface area contributed by atoms with Gasteiger partial charge in [-0.05, 0) is 54.2 Å². The van der Waals surface area contributed by atoms with Crippen molar-refractivity contribution in [2.75, 3.05) is 0 Å². The van der Waals surface area contributed by atoms with Crippen LogP contribution in [0.5, 0.6) is 0 Å². The zero-order valence-corrected chi connectivity index (χ0v) is 13.1. The van der Waals surface area contributed by atoms with Crippen molar-refractivity contribution in [1.29, 1.82) is 0 Å². The predicted molar refractivity (Wildman–Crippen MR) is 91.1 cm³/mol. The van der Waals surface area contributed by atoms with E-state index in [1.165, 1.54) is 59.6 Å². The van der Waals surface area contributed by atoms with Crippen LogP contribution in [-0.4, -0.2) is 0 Å². The van der Waals surface area contributed by atoms with Crippen LogP contribution in [-0.2, 0) is 6.42 Å². The molecule has 2 aromatic carbocycles. The van der Waals surface area contributed by atoms with Crippen LogP contribution in [0, 0.1) is 0 Å². The first kappa shape index (κ1) is 14.8. The molecule has 0 radical (unpaired) electrons. The molecule has 2 rings (SSSR count). The van der Waals surface area contributed by atoms with Crippen molar-refractivity contribution in [2.24, 2.45) is 0 Å². The molecule has 0 fully saturated rings. The maximum Gasteiger partial charge on any atom is -0.0106 e. The number of benzene rings is 2. The Labute approximate surface area is 123 Å². The third-order valence-corrected chi connectivity index (χ3v) is 4.14. The van der Waals surface area contributed by atoms with Gasteiger partial charge in [-0.3, -0.25) is 0 Å². The van der Waals surface area contributed by atoms with Gasteiger partial charge in [0.2, 0.25) is 0 Å². The summed E-state index contributed by atoms with van der Waals surface area (Å²) in [7, 11) is 0. The standard InChI is InChI=1S/C20H26/c1-4-6-7-8-12-18-15-14-17-11-9-10-13-19(17)20(18)16(3)5-2/h5,9-11,13-15H,4,6-8,12H2,1-3H3. The molecular weight excluding hydrogens is 240 g/mol. The van der Waals surface area contributed by atoms with Crippen LogP contribution in [0.4, 0.5) is 0 Å². The Morgan fingerprint density at radius 3 is 2.55 bits per heavy atom. The summed E-state index contributed by atoms with van der Waals surface area (Å²) in [4.78, 5) is 0. The van der Waals surface area contributed by atoms with Gasteiger partial charge in [0, 0.05) is 0 Å². The smallest absolute Gasteiger partial charge is 0.0106 e. The number of unbranched alkanes of at least 4 members (excludes halogenated alkanes) is 3. The molecule has 2 aromatic rings. The van der Waals surface area contributed by atoms with Gasteiger partial charge in [0.1, 0.15) is 0 Å². The fraction of sp³-hybridized carbons (Fsp3) is 0.400. The van der Waals surface area contributed by atoms with E-state index in [2.05, 4.69) is 63.2 Å². The number of allylic oxidation sites excluding steroid dienone is 2. The number of aryl methyl sites for hydroxylation is 1. The lowest BCUT2D eigenvalue weighted by Crippen LogP contribution is -1.95. The minimum atomic E-state index is 1.20. The molecule has 0 bridgehead atoms. The van der Waals surface area contributed by atoms with E-state index >= 15 is 0 Å². The molecule has 0 heterocycles. The second-order valence-corrected chi connectivity index (χ2v) is 5.60. The molecule has 0 aliphatic rings. The molecule has 0 unspecified atom stereocenters. The lowest BCUT2D eigenvalue weighted by atomic mass is 9.91. The van der Waals surface area contributed by atoms with Crippen molar-refractivity contribution < 1.29 is 0 Å². The van der Waals surface area contributed by atoms with E-state index in [0.717, 1.165) is 0 Å². The molecule has 0 atom stereocenters. The Kier molecular flexibility index (Phi) is 5.40. The Morgan fingerprint density at radius 1 is 1.00 bits per heavy atom. The highest BCUT2D eigenvalue weighted by Crippen LogP contribution is 2.29. The minimum absolute atomic E-state index is 1.20. The molecule has 20 heavy (non-hydrogen) atoms. The zero-order chi connectivity index (χ0) is 14.4. The van der Waals surface area contributed by atoms with Crippen LogP contribution in [0.15, 0.2) is 42.5 Å². The van der Waals surface area contributed by atoms with Gasteiger partial charge in [0.25, 0.3) is 0 Å². The van der Waals surface area contributed by atoms with Gasteiger partial charge in [-0.2, -0.15) is 0 Å². The Morgan fingerprint density at radius 2 is 1.80 bits per heavy atom. The van der Waals surface area contributed by atoms with Gasteiger partial charge in [0.15, 0.2) is 0 Å². The van der Waals surface area contributed by atoms with Crippen LogP contribution in [0.3, 0.4) is 0 Å². The number of rotatable bonds is 6. The summed E-state index contributed by atoms with van der Waals surface area (Å²) in [6, 6.07) is 13.3. The van der Waals surface area contributed by atoms with Crippen molar-refractivity contribution in [2.45, 2.75) is 52.9 Å². The highest BCUT2D eigenvalue weighted by molar-refractivity contribution is 5.94. The van der Waals surface area contributed by atoms with Crippen LogP contribution >= 0.6 is 0 Å². The molecular formula is C20H26. The SMILES string of the molecule is CC=C(C)c1c(CCCCCC)ccc2ccccc12. The topological polar surface area (TPSA) is 0 Å². The predicted octanol–water partition coefficient (Wildman–Crippen LogP) is 6.39. The molecule has 0 saturated heterocycles. The van der Waals surface area contributed by atoms with E-state index < -0.39 is 0 Å². The van der Waals surface area contributed by atoms with Crippen LogP contribution in [0.25, 0.3) is 16.3 Å². The number of fused-ring (bicyclic) bond motifs is 1. The lowest BCUT2D eigenvalue weighted by molar-refractivity contribution is 0.666. The maximum atomic E-state index is 2.33. The van der Waals surface area contributed by atoms with Gasteiger partial charge in [-0.15, -0.1) is 0 Å². The van der Waals surface area contributed by atoms with Gasteiger partial charge in [-0.25, -0.2) is 0 Å². The average Bonchev–Trinajstić information content (AvgIpc) is 2.50. The zero-order valence-electron chi connectivity index (χ0n) is 13.1. The molecule has 0 heteroatoms. The van der Waals surface area contributed by atoms with Gasteiger partial charge in [0.05, 0.1) is 0 Å². The number of hydrogen-bond acceptors (Lipinski definition) is 0. The van der Waals surface area contributed by atoms with E-state index in [9.17, 15) is 0 Å². The molecule has 0 spiro atoms. The normalized spacial score (nSPS) is 12.1. The molecule has 106 valence electrons. The first-order valence-corrected chi connectivity index (χ1v) is 7.91. The molecule has 0 aliphatic carbocycles. The summed E-state index contributed by atoms with van der Waals surface area (Å²) in [6.07, 6.45) is 8.74. The largest absolute Gasteiger partial charge is 0.0841 e. The van der Waals surface area contributed by atoms with Gasteiger partial charge >= 0.3 is 0 Å². The maximum absolute atomic E-state index is 2.33. The van der Waals surface area contributed by atoms with Crippen LogP contribution < -0.4 is 0 Å². The Balaban J connectivity index is 2.38. The molecule has 0 nitrogen and oxygen atoms in total. The summed E-state index contributed by atoms with van der Waals surface area (Å²) < 4.78 is 0. The van der Waals surface area contributed by atoms with Gasteiger partial charge < -0.3 is 0 Å². The molecule has 0 aromatic heterocycles. The second-order valence-electron chi connectivity index (χ2n) is 5.60. The van der Waals surface area contributed by atoms with Crippen molar-refractivity contribution in [3.63, 3.8) is 0 Å². The fourth-order valence-electron chi connectivity index (χ4n) is 2.88. The lowest BCUT2D eigenvalue weighted by Gasteiger charge is -2.14. The molecule has 0 N–H and O–H groups in total. The van der Waals surface area contributed by atoms with E-state index in [0.29, 0.717) is 0 Å². The molecule has 0 saturated carbocycles. The number of hydrogen-bond donors (Lipinski definition) is 0. The Bertz CT molecular complexity index is 590. The van der Waals surface area contributed by atoms with E-state index in [1.807, 2.05) is 0 Å². The van der Waals surface area contributed by atoms with E-state index in [1.54, 1.807) is 0 Å². The third-order valence-electron chi connectivity index (χ3n) is 4.14. The van der Waals surface area contributed by atoms with Crippen molar-refractivity contribution in [1.82, 2.24) is 0 Å². The van der Waals surface area contributed by atoms with Crippen molar-refractivity contribution in [3.05, 3.63) is 53.6 Å². The highest BCUT2D eigenvalue weighted by atomic mass is 14.1. The monoisotopic (exact) mass is 266 g/mol. The molecule has 0 amide bonds. The van der Waals surface area contributed by atoms with Crippen LogP contribution in [0.1, 0.15) is 57.6 Å². The van der Waals surface area contributed by atoms with E-state index in [4.69, 9.17) is 0 Å². The summed E-state index contributed by atoms with van der Waals surface area (Å²) in [5.74, 6) is 0. The summed E-state index contributed by atoms with van der Waals surface area (Å²) >= 11 is 0. The van der Waals surface area contributed by atoms with E-state index in [-0.39, 0.29) is 0 Å².